The van der Waals surface area contributed by atoms with E-state index in [1.807, 2.05) is 19.9 Å². The molecule has 1 aliphatic carbocycles. The highest BCUT2D eigenvalue weighted by Crippen LogP contribution is 2.55. The SMILES string of the molecule is CC(C)Oc1ccc(C(=O)NC2C(C)(C)C(Oc3ccc(C#N)c(Cl)c3)C2(C)C)nc1. The van der Waals surface area contributed by atoms with Gasteiger partial charge in [-0.3, -0.25) is 4.79 Å². The molecule has 1 aliphatic rings. The number of hydrogen-bond donors (Lipinski definition) is 1. The van der Waals surface area contributed by atoms with Crippen molar-refractivity contribution in [3.63, 3.8) is 0 Å². The Morgan fingerprint density at radius 1 is 1.16 bits per heavy atom. The third-order valence-electron chi connectivity index (χ3n) is 5.77. The quantitative estimate of drug-likeness (QED) is 0.681. The molecule has 0 spiro atoms. The van der Waals surface area contributed by atoms with Gasteiger partial charge in [0.05, 0.1) is 22.9 Å². The van der Waals surface area contributed by atoms with Crippen LogP contribution < -0.4 is 14.8 Å². The van der Waals surface area contributed by atoms with Crippen LogP contribution in [0.3, 0.4) is 0 Å². The van der Waals surface area contributed by atoms with Crippen molar-refractivity contribution in [3.8, 4) is 17.6 Å². The first-order valence-electron chi connectivity index (χ1n) is 10.3. The molecule has 0 aliphatic heterocycles. The number of amides is 1. The Kier molecular flexibility index (Phi) is 6.20. The minimum Gasteiger partial charge on any atom is -0.489 e. The zero-order chi connectivity index (χ0) is 23.0. The smallest absolute Gasteiger partial charge is 0.270 e. The molecule has 2 aromatic rings. The van der Waals surface area contributed by atoms with Crippen molar-refractivity contribution in [2.45, 2.75) is 59.8 Å². The van der Waals surface area contributed by atoms with Crippen LogP contribution in [-0.4, -0.2) is 29.1 Å². The van der Waals surface area contributed by atoms with E-state index in [4.69, 9.17) is 26.3 Å². The maximum atomic E-state index is 12.8. The summed E-state index contributed by atoms with van der Waals surface area (Å²) in [6.45, 7) is 12.1. The van der Waals surface area contributed by atoms with E-state index in [0.717, 1.165) is 0 Å². The van der Waals surface area contributed by atoms with Gasteiger partial charge in [-0.05, 0) is 38.1 Å². The van der Waals surface area contributed by atoms with Crippen LogP contribution >= 0.6 is 11.6 Å². The van der Waals surface area contributed by atoms with Gasteiger partial charge in [-0.2, -0.15) is 5.26 Å². The average molecular weight is 442 g/mol. The first-order valence-corrected chi connectivity index (χ1v) is 10.6. The number of rotatable bonds is 6. The lowest BCUT2D eigenvalue weighted by Gasteiger charge is -2.63. The summed E-state index contributed by atoms with van der Waals surface area (Å²) in [5.41, 5.74) is 0.0787. The molecule has 1 amide bonds. The number of carbonyl (C=O) groups excluding carboxylic acids is 1. The second-order valence-electron chi connectivity index (χ2n) is 9.35. The van der Waals surface area contributed by atoms with Crippen LogP contribution in [0.2, 0.25) is 5.02 Å². The molecule has 0 radical (unpaired) electrons. The molecule has 1 N–H and O–H groups in total. The fourth-order valence-electron chi connectivity index (χ4n) is 4.66. The Bertz CT molecular complexity index is 994. The topological polar surface area (TPSA) is 84.2 Å². The fourth-order valence-corrected chi connectivity index (χ4v) is 4.87. The summed E-state index contributed by atoms with van der Waals surface area (Å²) in [5, 5.41) is 12.5. The maximum Gasteiger partial charge on any atom is 0.270 e. The summed E-state index contributed by atoms with van der Waals surface area (Å²) in [6, 6.07) is 10.4. The minimum atomic E-state index is -0.333. The van der Waals surface area contributed by atoms with Crippen LogP contribution in [-0.2, 0) is 0 Å². The average Bonchev–Trinajstić information content (AvgIpc) is 2.70. The van der Waals surface area contributed by atoms with Crippen LogP contribution in [0.1, 0.15) is 57.6 Å². The van der Waals surface area contributed by atoms with E-state index in [2.05, 4.69) is 38.0 Å². The van der Waals surface area contributed by atoms with Gasteiger partial charge in [0, 0.05) is 22.9 Å². The van der Waals surface area contributed by atoms with Gasteiger partial charge in [0.1, 0.15) is 29.4 Å². The van der Waals surface area contributed by atoms with Crippen LogP contribution in [0, 0.1) is 22.2 Å². The lowest BCUT2D eigenvalue weighted by Crippen LogP contribution is -2.74. The molecule has 1 saturated carbocycles. The molecular formula is C24H28ClN3O3. The van der Waals surface area contributed by atoms with Gasteiger partial charge in [-0.1, -0.05) is 39.3 Å². The molecule has 0 bridgehead atoms. The highest BCUT2D eigenvalue weighted by Gasteiger charge is 2.64. The normalized spacial score (nSPS) is 21.0. The summed E-state index contributed by atoms with van der Waals surface area (Å²) in [5.74, 6) is 0.995. The van der Waals surface area contributed by atoms with Crippen LogP contribution in [0.4, 0.5) is 0 Å². The molecule has 6 nitrogen and oxygen atoms in total. The maximum absolute atomic E-state index is 12.8. The monoisotopic (exact) mass is 441 g/mol. The molecule has 31 heavy (non-hydrogen) atoms. The molecule has 1 aromatic carbocycles. The lowest BCUT2D eigenvalue weighted by atomic mass is 9.49. The largest absolute Gasteiger partial charge is 0.489 e. The third-order valence-corrected chi connectivity index (χ3v) is 6.08. The Labute approximate surface area is 188 Å². The number of ether oxygens (including phenoxy) is 2. The van der Waals surface area contributed by atoms with E-state index >= 15 is 0 Å². The van der Waals surface area contributed by atoms with Gasteiger partial charge in [-0.25, -0.2) is 4.98 Å². The van der Waals surface area contributed by atoms with Crippen LogP contribution in [0.15, 0.2) is 36.5 Å². The summed E-state index contributed by atoms with van der Waals surface area (Å²) < 4.78 is 11.8. The molecule has 164 valence electrons. The molecular weight excluding hydrogens is 414 g/mol. The zero-order valence-corrected chi connectivity index (χ0v) is 19.4. The van der Waals surface area contributed by atoms with Crippen molar-refractivity contribution in [1.29, 1.82) is 5.26 Å². The van der Waals surface area contributed by atoms with Gasteiger partial charge in [0.25, 0.3) is 5.91 Å². The number of hydrogen-bond acceptors (Lipinski definition) is 5. The van der Waals surface area contributed by atoms with Crippen LogP contribution in [0.5, 0.6) is 11.5 Å². The Morgan fingerprint density at radius 3 is 2.32 bits per heavy atom. The molecule has 0 atom stereocenters. The van der Waals surface area contributed by atoms with Gasteiger partial charge in [0.15, 0.2) is 0 Å². The summed E-state index contributed by atoms with van der Waals surface area (Å²) >= 11 is 6.15. The van der Waals surface area contributed by atoms with E-state index in [0.29, 0.717) is 27.8 Å². The van der Waals surface area contributed by atoms with E-state index in [1.54, 1.807) is 36.5 Å². The number of pyridine rings is 1. The Balaban J connectivity index is 1.71. The van der Waals surface area contributed by atoms with E-state index in [9.17, 15) is 4.79 Å². The second-order valence-corrected chi connectivity index (χ2v) is 9.75. The fraction of sp³-hybridized carbons (Fsp3) is 0.458. The van der Waals surface area contributed by atoms with Crippen LogP contribution in [0.25, 0.3) is 0 Å². The molecule has 1 fully saturated rings. The highest BCUT2D eigenvalue weighted by atomic mass is 35.5. The molecule has 3 rings (SSSR count). The molecule has 1 aromatic heterocycles. The van der Waals surface area contributed by atoms with E-state index in [-0.39, 0.29) is 35.0 Å². The van der Waals surface area contributed by atoms with Gasteiger partial charge in [-0.15, -0.1) is 0 Å². The van der Waals surface area contributed by atoms with Gasteiger partial charge >= 0.3 is 0 Å². The van der Waals surface area contributed by atoms with Crippen molar-refractivity contribution < 1.29 is 14.3 Å². The van der Waals surface area contributed by atoms with Crippen molar-refractivity contribution in [2.24, 2.45) is 10.8 Å². The number of nitrogens with zero attached hydrogens (tertiary/aromatic N) is 2. The number of benzene rings is 1. The number of halogens is 1. The summed E-state index contributed by atoms with van der Waals surface area (Å²) in [6.07, 6.45) is 1.44. The second kappa shape index (κ2) is 8.39. The number of aromatic nitrogens is 1. The predicted octanol–water partition coefficient (Wildman–Crippen LogP) is 5.01. The number of carbonyl (C=O) groups is 1. The number of nitriles is 1. The third kappa shape index (κ3) is 4.47. The minimum absolute atomic E-state index is 0.0426. The zero-order valence-electron chi connectivity index (χ0n) is 18.7. The molecule has 0 saturated heterocycles. The molecule has 0 unspecified atom stereocenters. The first kappa shape index (κ1) is 22.9. The highest BCUT2D eigenvalue weighted by molar-refractivity contribution is 6.31. The van der Waals surface area contributed by atoms with Crippen molar-refractivity contribution in [1.82, 2.24) is 10.3 Å². The van der Waals surface area contributed by atoms with E-state index in [1.165, 1.54) is 0 Å². The van der Waals surface area contributed by atoms with Gasteiger partial charge in [0.2, 0.25) is 0 Å². The molecule has 1 heterocycles. The van der Waals surface area contributed by atoms with Gasteiger partial charge < -0.3 is 14.8 Å². The van der Waals surface area contributed by atoms with Crippen molar-refractivity contribution in [2.75, 3.05) is 0 Å². The summed E-state index contributed by atoms with van der Waals surface area (Å²) in [7, 11) is 0. The predicted molar refractivity (Wildman–Crippen MR) is 119 cm³/mol. The Hall–Kier alpha value is -2.78. The standard InChI is InChI=1S/C24H28ClN3O3/c1-14(2)30-17-9-10-19(27-13-17)20(29)28-21-23(3,4)22(24(21,5)6)31-16-8-7-15(12-26)18(25)11-16/h7-11,13-14,21-22H,1-6H3,(H,28,29). The molecule has 7 heteroatoms. The van der Waals surface area contributed by atoms with Crippen molar-refractivity contribution >= 4 is 17.5 Å². The van der Waals surface area contributed by atoms with E-state index < -0.39 is 0 Å². The Morgan fingerprint density at radius 2 is 1.81 bits per heavy atom. The number of nitrogens with one attached hydrogen (secondary N) is 1. The van der Waals surface area contributed by atoms with Crippen molar-refractivity contribution in [3.05, 3.63) is 52.8 Å². The lowest BCUT2D eigenvalue weighted by molar-refractivity contribution is -0.164. The summed E-state index contributed by atoms with van der Waals surface area (Å²) in [4.78, 5) is 17.1. The first-order chi connectivity index (χ1) is 14.5.